The second-order valence-electron chi connectivity index (χ2n) is 15.9. The van der Waals surface area contributed by atoms with Crippen LogP contribution in [0.5, 0.6) is 0 Å². The number of nitrogens with zero attached hydrogens (tertiary/aromatic N) is 3. The summed E-state index contributed by atoms with van der Waals surface area (Å²) >= 11 is 0. The molecule has 3 aromatic heterocycles. The van der Waals surface area contributed by atoms with Crippen molar-refractivity contribution in [2.45, 2.75) is 37.5 Å². The highest BCUT2D eigenvalue weighted by molar-refractivity contribution is 6.11. The van der Waals surface area contributed by atoms with Crippen molar-refractivity contribution in [2.24, 2.45) is 0 Å². The third-order valence-electron chi connectivity index (χ3n) is 12.7. The van der Waals surface area contributed by atoms with Gasteiger partial charge in [-0.3, -0.25) is 0 Å². The molecule has 0 amide bonds. The summed E-state index contributed by atoms with van der Waals surface area (Å²) in [6, 6.07) is 55.2. The second kappa shape index (κ2) is 12.6. The molecule has 1 fully saturated rings. The molecule has 0 bridgehead atoms. The Morgan fingerprint density at radius 1 is 0.466 bits per heavy atom. The normalized spacial score (nSPS) is 14.3. The molecule has 2 aliphatic rings. The molecule has 0 aliphatic heterocycles. The van der Waals surface area contributed by atoms with Gasteiger partial charge in [-0.15, -0.1) is 0 Å². The molecule has 0 N–H and O–H groups in total. The summed E-state index contributed by atoms with van der Waals surface area (Å²) in [6.45, 7) is 0. The zero-order chi connectivity index (χ0) is 38.4. The number of furan rings is 2. The van der Waals surface area contributed by atoms with Crippen molar-refractivity contribution in [3.63, 3.8) is 0 Å². The monoisotopic (exact) mass is 745 g/mol. The zero-order valence-corrected chi connectivity index (χ0v) is 31.6. The quantitative estimate of drug-likeness (QED) is 0.179. The van der Waals surface area contributed by atoms with E-state index in [9.17, 15) is 5.26 Å². The first-order valence-electron chi connectivity index (χ1n) is 20.2. The summed E-state index contributed by atoms with van der Waals surface area (Å²) in [5, 5.41) is 14.1. The Kier molecular flexibility index (Phi) is 7.15. The van der Waals surface area contributed by atoms with Crippen LogP contribution >= 0.6 is 0 Å². The SMILES string of the molecule is N#Cc1ccc2c(c1)C1(CCCCC1)c1cc(-c3ccc4oc5c(-c6cc(-c7ccc8c(c7)oc7ccccc78)nc(-c7ccccc7)n6)cccc5c4c3)ccc1-2. The van der Waals surface area contributed by atoms with Crippen LogP contribution in [0.25, 0.3) is 100 Å². The fraction of sp³-hybridized carbons (Fsp3) is 0.113. The third-order valence-corrected chi connectivity index (χ3v) is 12.7. The lowest BCUT2D eigenvalue weighted by atomic mass is 9.67. The van der Waals surface area contributed by atoms with Crippen LogP contribution in [0.1, 0.15) is 48.8 Å². The number of benzene rings is 7. The molecule has 1 saturated carbocycles. The molecular weight excluding hydrogens is 711 g/mol. The topological polar surface area (TPSA) is 75.8 Å². The second-order valence-corrected chi connectivity index (χ2v) is 15.9. The van der Waals surface area contributed by atoms with Crippen LogP contribution in [0.15, 0.2) is 160 Å². The van der Waals surface area contributed by atoms with E-state index in [4.69, 9.17) is 18.8 Å². The van der Waals surface area contributed by atoms with E-state index in [1.807, 2.05) is 54.6 Å². The van der Waals surface area contributed by atoms with Gasteiger partial charge in [0.2, 0.25) is 0 Å². The molecule has 274 valence electrons. The van der Waals surface area contributed by atoms with Crippen LogP contribution in [0, 0.1) is 11.3 Å². The van der Waals surface area contributed by atoms with Crippen LogP contribution in [0.3, 0.4) is 0 Å². The molecule has 0 saturated heterocycles. The number of fused-ring (bicyclic) bond motifs is 11. The highest BCUT2D eigenvalue weighted by Crippen LogP contribution is 2.56. The highest BCUT2D eigenvalue weighted by Gasteiger charge is 2.44. The van der Waals surface area contributed by atoms with E-state index >= 15 is 0 Å². The summed E-state index contributed by atoms with van der Waals surface area (Å²) in [7, 11) is 0. The van der Waals surface area contributed by atoms with Crippen LogP contribution in [0.2, 0.25) is 0 Å². The van der Waals surface area contributed by atoms with Gasteiger partial charge in [0.15, 0.2) is 5.82 Å². The minimum Gasteiger partial charge on any atom is -0.456 e. The van der Waals surface area contributed by atoms with Crippen molar-refractivity contribution in [3.8, 4) is 62.2 Å². The predicted molar refractivity (Wildman–Crippen MR) is 232 cm³/mol. The highest BCUT2D eigenvalue weighted by atomic mass is 16.3. The summed E-state index contributed by atoms with van der Waals surface area (Å²) < 4.78 is 13.0. The van der Waals surface area contributed by atoms with Crippen molar-refractivity contribution in [1.29, 1.82) is 5.26 Å². The largest absolute Gasteiger partial charge is 0.456 e. The molecule has 58 heavy (non-hydrogen) atoms. The van der Waals surface area contributed by atoms with E-state index in [0.29, 0.717) is 5.82 Å². The number of aromatic nitrogens is 2. The number of hydrogen-bond acceptors (Lipinski definition) is 5. The lowest BCUT2D eigenvalue weighted by molar-refractivity contribution is 0.353. The Hall–Kier alpha value is -7.29. The third kappa shape index (κ3) is 4.95. The van der Waals surface area contributed by atoms with E-state index in [0.717, 1.165) is 95.9 Å². The Bertz CT molecular complexity index is 3340. The first kappa shape index (κ1) is 32.9. The first-order chi connectivity index (χ1) is 28.6. The van der Waals surface area contributed by atoms with Gasteiger partial charge in [0, 0.05) is 43.7 Å². The first-order valence-corrected chi connectivity index (χ1v) is 20.2. The maximum atomic E-state index is 9.80. The molecule has 0 atom stereocenters. The molecule has 1 spiro atoms. The minimum atomic E-state index is -0.0417. The standard InChI is InChI=1S/C53H35N3O2/c54-31-32-16-20-37-38-21-17-35(28-45(38)53(44(37)26-32)24-7-2-8-25-53)34-19-23-49-43(27-34)41-13-9-14-42(51(41)58-49)47-30-46(55-52(56-47)33-10-3-1-4-11-33)36-18-22-40-39-12-5-6-15-48(39)57-50(40)29-36/h1,3-6,9-23,26-30H,2,7-8,24-25H2. The van der Waals surface area contributed by atoms with Crippen molar-refractivity contribution < 1.29 is 8.83 Å². The van der Waals surface area contributed by atoms with Crippen LogP contribution in [-0.4, -0.2) is 9.97 Å². The maximum absolute atomic E-state index is 9.80. The van der Waals surface area contributed by atoms with E-state index in [2.05, 4.69) is 103 Å². The predicted octanol–water partition coefficient (Wildman–Crippen LogP) is 14.0. The van der Waals surface area contributed by atoms with Gasteiger partial charge in [-0.05, 0) is 107 Å². The molecule has 0 unspecified atom stereocenters. The van der Waals surface area contributed by atoms with Gasteiger partial charge in [0.05, 0.1) is 23.0 Å². The van der Waals surface area contributed by atoms with E-state index in [-0.39, 0.29) is 5.41 Å². The molecule has 0 radical (unpaired) electrons. The van der Waals surface area contributed by atoms with E-state index in [1.165, 1.54) is 47.1 Å². The van der Waals surface area contributed by atoms with Crippen LogP contribution < -0.4 is 0 Å². The van der Waals surface area contributed by atoms with Crippen LogP contribution in [0.4, 0.5) is 0 Å². The van der Waals surface area contributed by atoms with Gasteiger partial charge >= 0.3 is 0 Å². The molecule has 5 heteroatoms. The number of nitriles is 1. The van der Waals surface area contributed by atoms with Crippen LogP contribution in [-0.2, 0) is 5.41 Å². The maximum Gasteiger partial charge on any atom is 0.160 e. The van der Waals surface area contributed by atoms with Gasteiger partial charge in [0.25, 0.3) is 0 Å². The summed E-state index contributed by atoms with van der Waals surface area (Å²) in [5.74, 6) is 0.645. The summed E-state index contributed by atoms with van der Waals surface area (Å²) in [5.41, 5.74) is 16.1. The van der Waals surface area contributed by atoms with Gasteiger partial charge in [-0.25, -0.2) is 9.97 Å². The molecule has 5 nitrogen and oxygen atoms in total. The van der Waals surface area contributed by atoms with Gasteiger partial charge in [-0.2, -0.15) is 5.26 Å². The molecule has 7 aromatic carbocycles. The summed E-state index contributed by atoms with van der Waals surface area (Å²) in [4.78, 5) is 10.3. The van der Waals surface area contributed by atoms with Crippen molar-refractivity contribution in [2.75, 3.05) is 0 Å². The van der Waals surface area contributed by atoms with E-state index in [1.54, 1.807) is 0 Å². The molecule has 2 aliphatic carbocycles. The minimum absolute atomic E-state index is 0.0417. The number of rotatable bonds is 4. The Morgan fingerprint density at radius 2 is 1.17 bits per heavy atom. The lowest BCUT2D eigenvalue weighted by Crippen LogP contribution is -2.28. The Balaban J connectivity index is 0.984. The Labute approximate surface area is 334 Å². The molecular formula is C53H35N3O2. The van der Waals surface area contributed by atoms with Crippen molar-refractivity contribution in [1.82, 2.24) is 9.97 Å². The zero-order valence-electron chi connectivity index (χ0n) is 31.6. The average molecular weight is 746 g/mol. The number of hydrogen-bond donors (Lipinski definition) is 0. The fourth-order valence-corrected chi connectivity index (χ4v) is 9.95. The average Bonchev–Trinajstić information content (AvgIpc) is 3.94. The van der Waals surface area contributed by atoms with Gasteiger partial charge < -0.3 is 8.83 Å². The number of para-hydroxylation sites is 2. The molecule has 3 heterocycles. The van der Waals surface area contributed by atoms with E-state index < -0.39 is 0 Å². The van der Waals surface area contributed by atoms with Gasteiger partial charge in [-0.1, -0.05) is 110 Å². The molecule has 10 aromatic rings. The fourth-order valence-electron chi connectivity index (χ4n) is 9.95. The smallest absolute Gasteiger partial charge is 0.160 e. The van der Waals surface area contributed by atoms with Crippen molar-refractivity contribution >= 4 is 43.9 Å². The Morgan fingerprint density at radius 3 is 2.05 bits per heavy atom. The van der Waals surface area contributed by atoms with Crippen molar-refractivity contribution in [3.05, 3.63) is 168 Å². The lowest BCUT2D eigenvalue weighted by Gasteiger charge is -2.36. The molecule has 12 rings (SSSR count). The summed E-state index contributed by atoms with van der Waals surface area (Å²) in [6.07, 6.45) is 5.90. The van der Waals surface area contributed by atoms with Gasteiger partial charge in [0.1, 0.15) is 22.3 Å².